The molecule has 1 N–H and O–H groups in total. The maximum absolute atomic E-state index is 4.46. The molecule has 0 aromatic carbocycles. The number of hydrogen-bond donors (Lipinski definition) is 1. The summed E-state index contributed by atoms with van der Waals surface area (Å²) in [4.78, 5) is 4.28. The molecule has 0 saturated carbocycles. The van der Waals surface area contributed by atoms with Gasteiger partial charge in [-0.1, -0.05) is 6.92 Å². The lowest BCUT2D eigenvalue weighted by atomic mass is 10.4. The molecule has 110 valence electrons. The minimum absolute atomic E-state index is 0.775. The van der Waals surface area contributed by atoms with E-state index in [2.05, 4.69) is 45.1 Å². The van der Waals surface area contributed by atoms with E-state index in [4.69, 9.17) is 0 Å². The van der Waals surface area contributed by atoms with Crippen molar-refractivity contribution < 1.29 is 0 Å². The van der Waals surface area contributed by atoms with Gasteiger partial charge in [0.15, 0.2) is 0 Å². The van der Waals surface area contributed by atoms with Gasteiger partial charge >= 0.3 is 0 Å². The quantitative estimate of drug-likeness (QED) is 0.745. The van der Waals surface area contributed by atoms with Gasteiger partial charge in [0.1, 0.15) is 12.2 Å². The predicted molar refractivity (Wildman–Crippen MR) is 78.3 cm³/mol. The Morgan fingerprint density at radius 3 is 2.75 bits per heavy atom. The minimum Gasteiger partial charge on any atom is -0.310 e. The van der Waals surface area contributed by atoms with Gasteiger partial charge in [0, 0.05) is 18.8 Å². The molecule has 0 aliphatic heterocycles. The molecule has 2 rings (SSSR count). The molecule has 0 bridgehead atoms. The largest absolute Gasteiger partial charge is 0.310 e. The first-order valence-electron chi connectivity index (χ1n) is 7.29. The Kier molecular flexibility index (Phi) is 5.29. The van der Waals surface area contributed by atoms with Crippen molar-refractivity contribution in [1.82, 2.24) is 29.9 Å². The SMILES string of the molecule is CCCn1ncnc1CNCCCn1nc(C)cc1C. The second-order valence-corrected chi connectivity index (χ2v) is 5.08. The summed E-state index contributed by atoms with van der Waals surface area (Å²) in [5.74, 6) is 1.01. The highest BCUT2D eigenvalue weighted by atomic mass is 15.3. The smallest absolute Gasteiger partial charge is 0.140 e. The zero-order valence-electron chi connectivity index (χ0n) is 12.6. The van der Waals surface area contributed by atoms with Crippen molar-refractivity contribution in [3.63, 3.8) is 0 Å². The van der Waals surface area contributed by atoms with Gasteiger partial charge in [0.05, 0.1) is 12.2 Å². The van der Waals surface area contributed by atoms with Crippen LogP contribution in [0.5, 0.6) is 0 Å². The summed E-state index contributed by atoms with van der Waals surface area (Å²) >= 11 is 0. The van der Waals surface area contributed by atoms with Crippen LogP contribution in [-0.4, -0.2) is 31.1 Å². The molecule has 20 heavy (non-hydrogen) atoms. The van der Waals surface area contributed by atoms with Crippen LogP contribution in [0.4, 0.5) is 0 Å². The molecule has 0 fully saturated rings. The predicted octanol–water partition coefficient (Wildman–Crippen LogP) is 1.68. The highest BCUT2D eigenvalue weighted by Crippen LogP contribution is 2.02. The minimum atomic E-state index is 0.775. The number of nitrogens with zero attached hydrogens (tertiary/aromatic N) is 5. The molecule has 6 nitrogen and oxygen atoms in total. The van der Waals surface area contributed by atoms with Crippen molar-refractivity contribution in [2.24, 2.45) is 0 Å². The van der Waals surface area contributed by atoms with Crippen LogP contribution < -0.4 is 5.32 Å². The lowest BCUT2D eigenvalue weighted by Gasteiger charge is -2.07. The van der Waals surface area contributed by atoms with Gasteiger partial charge in [0.25, 0.3) is 0 Å². The molecule has 2 aromatic heterocycles. The van der Waals surface area contributed by atoms with Crippen molar-refractivity contribution in [1.29, 1.82) is 0 Å². The lowest BCUT2D eigenvalue weighted by Crippen LogP contribution is -2.20. The molecule has 0 atom stereocenters. The lowest BCUT2D eigenvalue weighted by molar-refractivity contribution is 0.508. The number of hydrogen-bond acceptors (Lipinski definition) is 4. The average molecular weight is 276 g/mol. The normalized spacial score (nSPS) is 11.2. The van der Waals surface area contributed by atoms with E-state index in [1.165, 1.54) is 5.69 Å². The molecule has 0 amide bonds. The van der Waals surface area contributed by atoms with Gasteiger partial charge in [-0.2, -0.15) is 10.2 Å². The molecule has 0 spiro atoms. The molecule has 0 unspecified atom stereocenters. The summed E-state index contributed by atoms with van der Waals surface area (Å²) in [7, 11) is 0. The van der Waals surface area contributed by atoms with E-state index in [0.717, 1.165) is 50.5 Å². The van der Waals surface area contributed by atoms with E-state index >= 15 is 0 Å². The maximum atomic E-state index is 4.46. The van der Waals surface area contributed by atoms with Crippen molar-refractivity contribution in [2.45, 2.75) is 53.2 Å². The Morgan fingerprint density at radius 2 is 2.05 bits per heavy atom. The summed E-state index contributed by atoms with van der Waals surface area (Å²) < 4.78 is 4.03. The third-order valence-electron chi connectivity index (χ3n) is 3.24. The highest BCUT2D eigenvalue weighted by Gasteiger charge is 2.03. The molecule has 2 heterocycles. The topological polar surface area (TPSA) is 60.6 Å². The number of rotatable bonds is 8. The molecular formula is C14H24N6. The monoisotopic (exact) mass is 276 g/mol. The van der Waals surface area contributed by atoms with Crippen molar-refractivity contribution in [2.75, 3.05) is 6.54 Å². The van der Waals surface area contributed by atoms with Crippen LogP contribution in [-0.2, 0) is 19.6 Å². The highest BCUT2D eigenvalue weighted by molar-refractivity contribution is 5.06. The first-order chi connectivity index (χ1) is 9.70. The third-order valence-corrected chi connectivity index (χ3v) is 3.24. The van der Waals surface area contributed by atoms with E-state index in [-0.39, 0.29) is 0 Å². The molecule has 0 aliphatic carbocycles. The Bertz CT molecular complexity index is 528. The van der Waals surface area contributed by atoms with E-state index < -0.39 is 0 Å². The van der Waals surface area contributed by atoms with E-state index in [1.54, 1.807) is 6.33 Å². The van der Waals surface area contributed by atoms with E-state index in [0.29, 0.717) is 0 Å². The second kappa shape index (κ2) is 7.19. The Balaban J connectivity index is 1.69. The second-order valence-electron chi connectivity index (χ2n) is 5.08. The summed E-state index contributed by atoms with van der Waals surface area (Å²) in [6, 6.07) is 2.11. The fraction of sp³-hybridized carbons (Fsp3) is 0.643. The molecule has 0 saturated heterocycles. The maximum Gasteiger partial charge on any atom is 0.140 e. The van der Waals surface area contributed by atoms with E-state index in [1.807, 2.05) is 11.6 Å². The fourth-order valence-corrected chi connectivity index (χ4v) is 2.28. The van der Waals surface area contributed by atoms with Gasteiger partial charge in [-0.3, -0.25) is 4.68 Å². The number of nitrogens with one attached hydrogen (secondary N) is 1. The van der Waals surface area contributed by atoms with Crippen LogP contribution in [0.1, 0.15) is 37.0 Å². The van der Waals surface area contributed by atoms with Gasteiger partial charge in [-0.05, 0) is 39.3 Å². The van der Waals surface area contributed by atoms with Crippen LogP contribution in [0.3, 0.4) is 0 Å². The van der Waals surface area contributed by atoms with Crippen molar-refractivity contribution in [3.8, 4) is 0 Å². The zero-order valence-corrected chi connectivity index (χ0v) is 12.6. The van der Waals surface area contributed by atoms with Gasteiger partial charge in [0.2, 0.25) is 0 Å². The fourth-order valence-electron chi connectivity index (χ4n) is 2.28. The van der Waals surface area contributed by atoms with Gasteiger partial charge in [-0.25, -0.2) is 9.67 Å². The average Bonchev–Trinajstić information content (AvgIpc) is 2.97. The van der Waals surface area contributed by atoms with Crippen LogP contribution in [0.15, 0.2) is 12.4 Å². The molecule has 6 heteroatoms. The van der Waals surface area contributed by atoms with Crippen molar-refractivity contribution in [3.05, 3.63) is 29.6 Å². The Morgan fingerprint density at radius 1 is 1.20 bits per heavy atom. The summed E-state index contributed by atoms with van der Waals surface area (Å²) in [5, 5.41) is 12.1. The van der Waals surface area contributed by atoms with Crippen molar-refractivity contribution >= 4 is 0 Å². The number of aryl methyl sites for hydroxylation is 4. The standard InChI is InChI=1S/C14H24N6/c1-4-7-20-14(16-11-17-20)10-15-6-5-8-19-13(3)9-12(2)18-19/h9,11,15H,4-8,10H2,1-3H3. The van der Waals surface area contributed by atoms with E-state index in [9.17, 15) is 0 Å². The van der Waals surface area contributed by atoms with Crippen LogP contribution in [0.2, 0.25) is 0 Å². The van der Waals surface area contributed by atoms with Crippen LogP contribution in [0, 0.1) is 13.8 Å². The third kappa shape index (κ3) is 3.90. The molecule has 0 radical (unpaired) electrons. The summed E-state index contributed by atoms with van der Waals surface area (Å²) in [5.41, 5.74) is 2.31. The first-order valence-corrected chi connectivity index (χ1v) is 7.29. The number of aromatic nitrogens is 5. The molecule has 2 aromatic rings. The Hall–Kier alpha value is -1.69. The first kappa shape index (κ1) is 14.7. The molecule has 0 aliphatic rings. The van der Waals surface area contributed by atoms with Crippen LogP contribution >= 0.6 is 0 Å². The van der Waals surface area contributed by atoms with Gasteiger partial charge < -0.3 is 5.32 Å². The Labute approximate surface area is 120 Å². The van der Waals surface area contributed by atoms with Gasteiger partial charge in [-0.15, -0.1) is 0 Å². The summed E-state index contributed by atoms with van der Waals surface area (Å²) in [6.07, 6.45) is 3.76. The zero-order chi connectivity index (χ0) is 14.4. The summed E-state index contributed by atoms with van der Waals surface area (Å²) in [6.45, 7) is 9.89. The van der Waals surface area contributed by atoms with Crippen LogP contribution in [0.25, 0.3) is 0 Å². The molecular weight excluding hydrogens is 252 g/mol.